The largest absolute Gasteiger partial charge is 0.495 e. The minimum absolute atomic E-state index is 0.183. The van der Waals surface area contributed by atoms with E-state index in [2.05, 4.69) is 18.7 Å². The van der Waals surface area contributed by atoms with Crippen LogP contribution in [0.4, 0.5) is 0 Å². The number of ether oxygens (including phenoxy) is 2. The third-order valence-corrected chi connectivity index (χ3v) is 1.95. The topological polar surface area (TPSA) is 18.5 Å². The van der Waals surface area contributed by atoms with Gasteiger partial charge in [-0.15, -0.1) is 0 Å². The van der Waals surface area contributed by atoms with Gasteiger partial charge in [0.1, 0.15) is 12.2 Å². The summed E-state index contributed by atoms with van der Waals surface area (Å²) in [6, 6.07) is 0. The van der Waals surface area contributed by atoms with E-state index < -0.39 is 0 Å². The summed E-state index contributed by atoms with van der Waals surface area (Å²) in [7, 11) is 0. The third-order valence-electron chi connectivity index (χ3n) is 1.95. The normalized spacial score (nSPS) is 42.2. The van der Waals surface area contributed by atoms with Crippen molar-refractivity contribution in [1.82, 2.24) is 0 Å². The van der Waals surface area contributed by atoms with Crippen molar-refractivity contribution in [3.05, 3.63) is 25.0 Å². The Hall–Kier alpha value is -0.760. The van der Waals surface area contributed by atoms with Gasteiger partial charge in [0.15, 0.2) is 0 Å². The van der Waals surface area contributed by atoms with Crippen LogP contribution in [0.2, 0.25) is 0 Å². The van der Waals surface area contributed by atoms with Crippen molar-refractivity contribution in [3.8, 4) is 0 Å². The van der Waals surface area contributed by atoms with Crippen LogP contribution in [0.1, 0.15) is 6.42 Å². The molecule has 0 amide bonds. The molecule has 1 fully saturated rings. The van der Waals surface area contributed by atoms with Crippen LogP contribution in [-0.4, -0.2) is 18.3 Å². The molecule has 0 N–H and O–H groups in total. The summed E-state index contributed by atoms with van der Waals surface area (Å²) in [5.74, 6) is 0. The first-order valence-electron chi connectivity index (χ1n) is 3.50. The van der Waals surface area contributed by atoms with Gasteiger partial charge in [0.25, 0.3) is 0 Å². The Morgan fingerprint density at radius 3 is 3.00 bits per heavy atom. The van der Waals surface area contributed by atoms with E-state index in [1.807, 2.05) is 0 Å². The summed E-state index contributed by atoms with van der Waals surface area (Å²) in [5.41, 5.74) is 0. The maximum Gasteiger partial charge on any atom is 0.130 e. The Morgan fingerprint density at radius 2 is 2.50 bits per heavy atom. The van der Waals surface area contributed by atoms with Crippen LogP contribution in [-0.2, 0) is 9.47 Å². The maximum absolute atomic E-state index is 5.45. The summed E-state index contributed by atoms with van der Waals surface area (Å²) in [5, 5.41) is 0. The first kappa shape index (κ1) is 5.98. The summed E-state index contributed by atoms with van der Waals surface area (Å²) < 4.78 is 10.7. The van der Waals surface area contributed by atoms with Crippen LogP contribution in [0, 0.1) is 0 Å². The zero-order chi connectivity index (χ0) is 6.97. The van der Waals surface area contributed by atoms with Crippen molar-refractivity contribution in [1.29, 1.82) is 0 Å². The predicted molar refractivity (Wildman–Crippen MR) is 37.5 cm³/mol. The predicted octanol–water partition coefficient (Wildman–Crippen LogP) is 1.24. The van der Waals surface area contributed by atoms with Crippen LogP contribution in [0.25, 0.3) is 0 Å². The molecule has 3 atom stereocenters. The highest BCUT2D eigenvalue weighted by atomic mass is 16.6. The molecule has 2 nitrogen and oxygen atoms in total. The quantitative estimate of drug-likeness (QED) is 0.422. The molecule has 2 bridgehead atoms. The Balaban J connectivity index is 2.02. The molecule has 0 spiro atoms. The van der Waals surface area contributed by atoms with Gasteiger partial charge in [0.2, 0.25) is 0 Å². The van der Waals surface area contributed by atoms with Crippen LogP contribution < -0.4 is 0 Å². The smallest absolute Gasteiger partial charge is 0.130 e. The van der Waals surface area contributed by atoms with E-state index in [-0.39, 0.29) is 12.2 Å². The minimum atomic E-state index is 0.183. The molecular weight excluding hydrogens is 128 g/mol. The van der Waals surface area contributed by atoms with Gasteiger partial charge in [-0.25, -0.2) is 0 Å². The van der Waals surface area contributed by atoms with Gasteiger partial charge in [0.05, 0.1) is 12.4 Å². The van der Waals surface area contributed by atoms with Crippen molar-refractivity contribution in [2.75, 3.05) is 0 Å². The lowest BCUT2D eigenvalue weighted by molar-refractivity contribution is 0.0609. The van der Waals surface area contributed by atoms with Gasteiger partial charge in [-0.2, -0.15) is 0 Å². The highest BCUT2D eigenvalue weighted by Gasteiger charge is 2.37. The molecule has 0 saturated carbocycles. The first-order valence-corrected chi connectivity index (χ1v) is 3.50. The molecule has 0 aromatic carbocycles. The number of fused-ring (bicyclic) bond motifs is 2. The molecule has 2 rings (SSSR count). The second kappa shape index (κ2) is 2.13. The van der Waals surface area contributed by atoms with Crippen LogP contribution in [0.5, 0.6) is 0 Å². The van der Waals surface area contributed by atoms with E-state index in [1.165, 1.54) is 6.26 Å². The van der Waals surface area contributed by atoms with Crippen molar-refractivity contribution < 1.29 is 9.47 Å². The maximum atomic E-state index is 5.45. The lowest BCUT2D eigenvalue weighted by Crippen LogP contribution is -2.20. The molecule has 0 aromatic heterocycles. The van der Waals surface area contributed by atoms with Crippen LogP contribution in [0.15, 0.2) is 25.0 Å². The zero-order valence-electron chi connectivity index (χ0n) is 5.69. The molecule has 0 aliphatic carbocycles. The monoisotopic (exact) mass is 138 g/mol. The fourth-order valence-corrected chi connectivity index (χ4v) is 1.49. The fourth-order valence-electron chi connectivity index (χ4n) is 1.49. The molecule has 1 saturated heterocycles. The van der Waals surface area contributed by atoms with E-state index in [9.17, 15) is 0 Å². The first-order chi connectivity index (χ1) is 4.90. The van der Waals surface area contributed by atoms with Gasteiger partial charge in [-0.05, 0) is 0 Å². The second-order valence-corrected chi connectivity index (χ2v) is 2.60. The van der Waals surface area contributed by atoms with Crippen molar-refractivity contribution in [2.45, 2.75) is 24.7 Å². The average Bonchev–Trinajstić information content (AvgIpc) is 2.48. The SMILES string of the molecule is C=COC1CC2C=CC1O2. The van der Waals surface area contributed by atoms with E-state index in [0.29, 0.717) is 6.10 Å². The molecule has 0 radical (unpaired) electrons. The fraction of sp³-hybridized carbons (Fsp3) is 0.500. The van der Waals surface area contributed by atoms with Gasteiger partial charge in [-0.3, -0.25) is 0 Å². The standard InChI is InChI=1S/C8H10O2/c1-2-9-8-5-6-3-4-7(8)10-6/h2-4,6-8H,1,5H2. The molecule has 2 aliphatic rings. The van der Waals surface area contributed by atoms with E-state index >= 15 is 0 Å². The average molecular weight is 138 g/mol. The molecular formula is C8H10O2. The number of rotatable bonds is 2. The summed E-state index contributed by atoms with van der Waals surface area (Å²) in [6.45, 7) is 3.51. The minimum Gasteiger partial charge on any atom is -0.495 e. The van der Waals surface area contributed by atoms with Crippen molar-refractivity contribution in [2.24, 2.45) is 0 Å². The van der Waals surface area contributed by atoms with Gasteiger partial charge in [-0.1, -0.05) is 18.7 Å². The van der Waals surface area contributed by atoms with E-state index in [1.54, 1.807) is 0 Å². The Kier molecular flexibility index (Phi) is 1.27. The van der Waals surface area contributed by atoms with Gasteiger partial charge in [0, 0.05) is 6.42 Å². The zero-order valence-corrected chi connectivity index (χ0v) is 5.69. The van der Waals surface area contributed by atoms with E-state index in [0.717, 1.165) is 6.42 Å². The van der Waals surface area contributed by atoms with Gasteiger partial charge >= 0.3 is 0 Å². The number of hydrogen-bond acceptors (Lipinski definition) is 2. The Labute approximate surface area is 60.1 Å². The highest BCUT2D eigenvalue weighted by Crippen LogP contribution is 2.30. The highest BCUT2D eigenvalue weighted by molar-refractivity contribution is 5.12. The van der Waals surface area contributed by atoms with Gasteiger partial charge < -0.3 is 9.47 Å². The Bertz CT molecular complexity index is 174. The number of hydrogen-bond donors (Lipinski definition) is 0. The molecule has 3 unspecified atom stereocenters. The molecule has 0 aromatic rings. The van der Waals surface area contributed by atoms with Crippen LogP contribution >= 0.6 is 0 Å². The summed E-state index contributed by atoms with van der Waals surface area (Å²) in [6.07, 6.45) is 7.32. The molecule has 2 aliphatic heterocycles. The molecule has 2 heterocycles. The molecule has 10 heavy (non-hydrogen) atoms. The van der Waals surface area contributed by atoms with E-state index in [4.69, 9.17) is 9.47 Å². The summed E-state index contributed by atoms with van der Waals surface area (Å²) in [4.78, 5) is 0. The lowest BCUT2D eigenvalue weighted by atomic mass is 10.1. The Morgan fingerprint density at radius 1 is 1.60 bits per heavy atom. The molecule has 54 valence electrons. The lowest BCUT2D eigenvalue weighted by Gasteiger charge is -2.13. The van der Waals surface area contributed by atoms with Crippen molar-refractivity contribution in [3.63, 3.8) is 0 Å². The molecule has 2 heteroatoms. The third kappa shape index (κ3) is 0.762. The van der Waals surface area contributed by atoms with Crippen LogP contribution in [0.3, 0.4) is 0 Å². The second-order valence-electron chi connectivity index (χ2n) is 2.60. The summed E-state index contributed by atoms with van der Waals surface area (Å²) >= 11 is 0. The van der Waals surface area contributed by atoms with Crippen molar-refractivity contribution >= 4 is 0 Å².